The van der Waals surface area contributed by atoms with E-state index in [0.717, 1.165) is 49.7 Å². The smallest absolute Gasteiger partial charge is 0.224 e. The molecular weight excluding hydrogens is 388 g/mol. The van der Waals surface area contributed by atoms with E-state index < -0.39 is 0 Å². The summed E-state index contributed by atoms with van der Waals surface area (Å²) in [7, 11) is 0. The fourth-order valence-electron chi connectivity index (χ4n) is 4.92. The summed E-state index contributed by atoms with van der Waals surface area (Å²) >= 11 is 0. The van der Waals surface area contributed by atoms with Crippen LogP contribution in [0.15, 0.2) is 36.5 Å². The molecule has 2 unspecified atom stereocenters. The lowest BCUT2D eigenvalue weighted by Gasteiger charge is -2.45. The van der Waals surface area contributed by atoms with Crippen molar-refractivity contribution in [1.29, 1.82) is 5.26 Å². The first-order valence-electron chi connectivity index (χ1n) is 11.1. The van der Waals surface area contributed by atoms with E-state index in [-0.39, 0.29) is 23.9 Å². The first-order valence-corrected chi connectivity index (χ1v) is 11.1. The van der Waals surface area contributed by atoms with Gasteiger partial charge in [-0.05, 0) is 36.8 Å². The number of pyridine rings is 1. The molecule has 0 radical (unpaired) electrons. The van der Waals surface area contributed by atoms with Gasteiger partial charge in [-0.3, -0.25) is 4.79 Å². The average Bonchev–Trinajstić information content (AvgIpc) is 2.81. The quantitative estimate of drug-likeness (QED) is 0.793. The molecule has 2 N–H and O–H groups in total. The molecule has 1 saturated heterocycles. The molecule has 3 heterocycles. The predicted molar refractivity (Wildman–Crippen MR) is 123 cm³/mol. The second-order valence-corrected chi connectivity index (χ2v) is 8.37. The van der Waals surface area contributed by atoms with Gasteiger partial charge in [-0.15, -0.1) is 0 Å². The number of nitrogens with one attached hydrogen (secondary N) is 2. The number of fused-ring (bicyclic) bond motifs is 1. The number of benzene rings is 1. The SMILES string of the molecule is CCC1[C@H](C)C(Nc2ccc(C#N)cn2)c2cc(N3CCNCC3)ccc2N1C(C)=O. The van der Waals surface area contributed by atoms with Crippen LogP contribution in [0.1, 0.15) is 44.4 Å². The van der Waals surface area contributed by atoms with E-state index in [0.29, 0.717) is 5.56 Å². The third kappa shape index (κ3) is 4.08. The van der Waals surface area contributed by atoms with E-state index in [4.69, 9.17) is 5.26 Å². The number of amides is 1. The first kappa shape index (κ1) is 21.1. The Bertz CT molecular complexity index is 977. The van der Waals surface area contributed by atoms with Gasteiger partial charge >= 0.3 is 0 Å². The zero-order valence-electron chi connectivity index (χ0n) is 18.4. The largest absolute Gasteiger partial charge is 0.369 e. The summed E-state index contributed by atoms with van der Waals surface area (Å²) in [5.41, 5.74) is 3.82. The van der Waals surface area contributed by atoms with Gasteiger partial charge in [0, 0.05) is 68.2 Å². The number of anilines is 3. The molecule has 1 fully saturated rings. The zero-order valence-corrected chi connectivity index (χ0v) is 18.4. The summed E-state index contributed by atoms with van der Waals surface area (Å²) in [6.45, 7) is 9.87. The van der Waals surface area contributed by atoms with Crippen LogP contribution in [0.25, 0.3) is 0 Å². The Balaban J connectivity index is 1.76. The van der Waals surface area contributed by atoms with Gasteiger partial charge in [0.2, 0.25) is 5.91 Å². The van der Waals surface area contributed by atoms with Crippen LogP contribution >= 0.6 is 0 Å². The molecule has 2 aliphatic heterocycles. The number of nitrogens with zero attached hydrogens (tertiary/aromatic N) is 4. The Morgan fingerprint density at radius 2 is 2.06 bits per heavy atom. The van der Waals surface area contributed by atoms with Crippen LogP contribution in [0.2, 0.25) is 0 Å². The maximum absolute atomic E-state index is 12.6. The minimum atomic E-state index is 0.0128. The molecule has 1 aromatic heterocycles. The molecule has 0 aliphatic carbocycles. The second-order valence-electron chi connectivity index (χ2n) is 8.37. The van der Waals surface area contributed by atoms with Crippen molar-refractivity contribution in [2.75, 3.05) is 41.3 Å². The van der Waals surface area contributed by atoms with E-state index in [1.54, 1.807) is 19.2 Å². The van der Waals surface area contributed by atoms with Crippen molar-refractivity contribution >= 4 is 23.1 Å². The van der Waals surface area contributed by atoms with Crippen LogP contribution in [0.5, 0.6) is 0 Å². The lowest BCUT2D eigenvalue weighted by molar-refractivity contribution is -0.117. The van der Waals surface area contributed by atoms with Crippen molar-refractivity contribution in [3.63, 3.8) is 0 Å². The summed E-state index contributed by atoms with van der Waals surface area (Å²) in [4.78, 5) is 21.4. The highest BCUT2D eigenvalue weighted by molar-refractivity contribution is 5.94. The third-order valence-electron chi connectivity index (χ3n) is 6.51. The molecule has 2 aliphatic rings. The zero-order chi connectivity index (χ0) is 22.0. The number of hydrogen-bond donors (Lipinski definition) is 2. The molecule has 7 heteroatoms. The van der Waals surface area contributed by atoms with Gasteiger partial charge in [-0.1, -0.05) is 13.8 Å². The maximum Gasteiger partial charge on any atom is 0.224 e. The molecule has 1 aromatic carbocycles. The number of carbonyl (C=O) groups excluding carboxylic acids is 1. The van der Waals surface area contributed by atoms with Crippen LogP contribution in [0.3, 0.4) is 0 Å². The molecule has 0 saturated carbocycles. The number of rotatable bonds is 4. The summed E-state index contributed by atoms with van der Waals surface area (Å²) in [6, 6.07) is 12.3. The summed E-state index contributed by atoms with van der Waals surface area (Å²) in [5, 5.41) is 16.1. The average molecular weight is 419 g/mol. The van der Waals surface area contributed by atoms with E-state index in [9.17, 15) is 4.79 Å². The molecule has 31 heavy (non-hydrogen) atoms. The number of nitriles is 1. The van der Waals surface area contributed by atoms with Crippen LogP contribution in [-0.2, 0) is 4.79 Å². The van der Waals surface area contributed by atoms with E-state index in [1.807, 2.05) is 11.0 Å². The molecule has 0 spiro atoms. The molecule has 2 aromatic rings. The first-order chi connectivity index (χ1) is 15.0. The van der Waals surface area contributed by atoms with Crippen molar-refractivity contribution in [2.45, 2.75) is 39.3 Å². The predicted octanol–water partition coefficient (Wildman–Crippen LogP) is 3.30. The Morgan fingerprint density at radius 3 is 2.68 bits per heavy atom. The number of hydrogen-bond acceptors (Lipinski definition) is 6. The lowest BCUT2D eigenvalue weighted by atomic mass is 9.80. The van der Waals surface area contributed by atoms with Crippen LogP contribution < -0.4 is 20.4 Å². The Kier molecular flexibility index (Phi) is 6.10. The molecule has 3 atom stereocenters. The van der Waals surface area contributed by atoms with Gasteiger partial charge in [0.05, 0.1) is 11.6 Å². The molecule has 1 amide bonds. The van der Waals surface area contributed by atoms with Gasteiger partial charge in [-0.2, -0.15) is 5.26 Å². The van der Waals surface area contributed by atoms with E-state index in [1.165, 1.54) is 5.69 Å². The van der Waals surface area contributed by atoms with E-state index in [2.05, 4.69) is 58.6 Å². The van der Waals surface area contributed by atoms with Crippen molar-refractivity contribution in [3.05, 3.63) is 47.7 Å². The van der Waals surface area contributed by atoms with Crippen LogP contribution in [0, 0.1) is 17.2 Å². The highest BCUT2D eigenvalue weighted by Crippen LogP contribution is 2.44. The summed E-state index contributed by atoms with van der Waals surface area (Å²) in [5.74, 6) is 1.00. The fourth-order valence-corrected chi connectivity index (χ4v) is 4.92. The number of aromatic nitrogens is 1. The normalized spacial score (nSPS) is 23.1. The maximum atomic E-state index is 12.6. The van der Waals surface area contributed by atoms with Crippen molar-refractivity contribution in [3.8, 4) is 6.07 Å². The summed E-state index contributed by atoms with van der Waals surface area (Å²) in [6.07, 6.45) is 2.46. The Morgan fingerprint density at radius 1 is 1.29 bits per heavy atom. The Labute approximate surface area is 184 Å². The number of carbonyl (C=O) groups is 1. The Hall–Kier alpha value is -3.11. The monoisotopic (exact) mass is 418 g/mol. The fraction of sp³-hybridized carbons (Fsp3) is 0.458. The van der Waals surface area contributed by atoms with Gasteiger partial charge in [0.25, 0.3) is 0 Å². The molecule has 162 valence electrons. The summed E-state index contributed by atoms with van der Waals surface area (Å²) < 4.78 is 0. The molecule has 0 bridgehead atoms. The van der Waals surface area contributed by atoms with Gasteiger partial charge < -0.3 is 20.4 Å². The topological polar surface area (TPSA) is 84.3 Å². The van der Waals surface area contributed by atoms with Gasteiger partial charge in [0.1, 0.15) is 11.9 Å². The molecule has 4 rings (SSSR count). The number of piperazine rings is 1. The standard InChI is InChI=1S/C24H30N6O/c1-4-21-16(2)24(28-23-8-5-18(14-25)15-27-23)20-13-19(29-11-9-26-10-12-29)6-7-22(20)30(21)17(3)31/h5-8,13,15-16,21,24,26H,4,9-12H2,1-3H3,(H,27,28)/t16-,21?,24?/m0/s1. The molecule has 7 nitrogen and oxygen atoms in total. The van der Waals surface area contributed by atoms with Crippen LogP contribution in [0.4, 0.5) is 17.2 Å². The van der Waals surface area contributed by atoms with Gasteiger partial charge in [0.15, 0.2) is 0 Å². The minimum absolute atomic E-state index is 0.0128. The highest BCUT2D eigenvalue weighted by atomic mass is 16.2. The second kappa shape index (κ2) is 8.94. The highest BCUT2D eigenvalue weighted by Gasteiger charge is 2.40. The third-order valence-corrected chi connectivity index (χ3v) is 6.51. The van der Waals surface area contributed by atoms with Crippen molar-refractivity contribution < 1.29 is 4.79 Å². The lowest BCUT2D eigenvalue weighted by Crippen LogP contribution is -2.50. The van der Waals surface area contributed by atoms with Crippen LogP contribution in [-0.4, -0.2) is 43.1 Å². The van der Waals surface area contributed by atoms with Gasteiger partial charge in [-0.25, -0.2) is 4.98 Å². The van der Waals surface area contributed by atoms with Crippen molar-refractivity contribution in [2.24, 2.45) is 5.92 Å². The van der Waals surface area contributed by atoms with Crippen molar-refractivity contribution in [1.82, 2.24) is 10.3 Å². The van der Waals surface area contributed by atoms with E-state index >= 15 is 0 Å². The molecular formula is C24H30N6O. The minimum Gasteiger partial charge on any atom is -0.369 e.